The quantitative estimate of drug-likeness (QED) is 0.755. The fraction of sp³-hybridized carbons (Fsp3) is 0.625. The fourth-order valence-corrected chi connectivity index (χ4v) is 3.59. The lowest BCUT2D eigenvalue weighted by Gasteiger charge is -2.29. The first-order valence-electron chi connectivity index (χ1n) is 7.29. The molecule has 2 atom stereocenters. The van der Waals surface area contributed by atoms with Crippen LogP contribution in [0, 0.1) is 0 Å². The number of rotatable bonds is 8. The maximum Gasteiger partial charge on any atom is 0.0474 e. The summed E-state index contributed by atoms with van der Waals surface area (Å²) >= 11 is 8.35. The third-order valence-corrected chi connectivity index (χ3v) is 4.79. The van der Waals surface area contributed by atoms with Crippen LogP contribution in [0.2, 0.25) is 5.02 Å². The van der Waals surface area contributed by atoms with Gasteiger partial charge in [0.15, 0.2) is 0 Å². The Morgan fingerprint density at radius 3 is 2.55 bits per heavy atom. The Bertz CT molecular complexity index is 411. The minimum atomic E-state index is 0.292. The lowest BCUT2D eigenvalue weighted by Crippen LogP contribution is -2.33. The molecule has 1 rings (SSSR count). The summed E-state index contributed by atoms with van der Waals surface area (Å²) in [5.74, 6) is 1.14. The number of benzene rings is 1. The van der Waals surface area contributed by atoms with Gasteiger partial charge in [-0.25, -0.2) is 0 Å². The van der Waals surface area contributed by atoms with E-state index in [0.717, 1.165) is 23.7 Å². The lowest BCUT2D eigenvalue weighted by atomic mass is 10.1. The average molecular weight is 315 g/mol. The molecule has 0 aromatic heterocycles. The largest absolute Gasteiger partial charge is 0.371 e. The molecule has 0 aliphatic heterocycles. The van der Waals surface area contributed by atoms with E-state index in [1.54, 1.807) is 0 Å². The van der Waals surface area contributed by atoms with Crippen LogP contribution in [0.15, 0.2) is 18.2 Å². The summed E-state index contributed by atoms with van der Waals surface area (Å²) in [6, 6.07) is 7.26. The van der Waals surface area contributed by atoms with E-state index in [1.165, 1.54) is 11.3 Å². The molecule has 2 nitrogen and oxygen atoms in total. The molecule has 1 N–H and O–H groups in total. The first-order chi connectivity index (χ1) is 9.54. The number of nitrogens with one attached hydrogen (secondary N) is 1. The second-order valence-electron chi connectivity index (χ2n) is 5.11. The van der Waals surface area contributed by atoms with Crippen molar-refractivity contribution in [1.29, 1.82) is 0 Å². The van der Waals surface area contributed by atoms with Crippen molar-refractivity contribution in [2.24, 2.45) is 0 Å². The molecule has 0 spiro atoms. The third kappa shape index (κ3) is 4.57. The van der Waals surface area contributed by atoms with Crippen molar-refractivity contribution in [2.45, 2.75) is 39.3 Å². The number of nitrogens with zero attached hydrogens (tertiary/aromatic N) is 1. The van der Waals surface area contributed by atoms with Gasteiger partial charge >= 0.3 is 0 Å². The number of thioether (sulfide) groups is 1. The SMILES string of the molecule is CCNC(C)c1ccc(N(C)C(CC)CSC)cc1Cl. The van der Waals surface area contributed by atoms with E-state index >= 15 is 0 Å². The summed E-state index contributed by atoms with van der Waals surface area (Å²) in [7, 11) is 2.16. The first kappa shape index (κ1) is 17.7. The summed E-state index contributed by atoms with van der Waals surface area (Å²) in [6.07, 6.45) is 3.30. The van der Waals surface area contributed by atoms with Crippen LogP contribution in [0.25, 0.3) is 0 Å². The van der Waals surface area contributed by atoms with Crippen molar-refractivity contribution in [3.8, 4) is 0 Å². The van der Waals surface area contributed by atoms with Crippen LogP contribution in [-0.2, 0) is 0 Å². The van der Waals surface area contributed by atoms with Gasteiger partial charge in [0.2, 0.25) is 0 Å². The fourth-order valence-electron chi connectivity index (χ4n) is 2.41. The highest BCUT2D eigenvalue weighted by Gasteiger charge is 2.15. The summed E-state index contributed by atoms with van der Waals surface area (Å²) in [6.45, 7) is 7.45. The predicted octanol–water partition coefficient (Wildman–Crippen LogP) is 4.59. The molecule has 0 amide bonds. The molecule has 114 valence electrons. The minimum absolute atomic E-state index is 0.292. The Hall–Kier alpha value is -0.380. The van der Waals surface area contributed by atoms with Gasteiger partial charge in [0, 0.05) is 35.6 Å². The van der Waals surface area contributed by atoms with Crippen LogP contribution in [0.5, 0.6) is 0 Å². The van der Waals surface area contributed by atoms with Crippen LogP contribution in [-0.4, -0.2) is 31.6 Å². The van der Waals surface area contributed by atoms with E-state index in [-0.39, 0.29) is 0 Å². The average Bonchev–Trinajstić information content (AvgIpc) is 2.44. The van der Waals surface area contributed by atoms with Crippen LogP contribution < -0.4 is 10.2 Å². The Morgan fingerprint density at radius 2 is 2.05 bits per heavy atom. The van der Waals surface area contributed by atoms with E-state index in [0.29, 0.717) is 12.1 Å². The molecular formula is C16H27ClN2S. The Kier molecular flexibility index (Phi) is 7.78. The van der Waals surface area contributed by atoms with Gasteiger partial charge in [0.05, 0.1) is 0 Å². The number of anilines is 1. The van der Waals surface area contributed by atoms with Crippen molar-refractivity contribution in [3.05, 3.63) is 28.8 Å². The van der Waals surface area contributed by atoms with Gasteiger partial charge in [-0.3, -0.25) is 0 Å². The monoisotopic (exact) mass is 314 g/mol. The molecule has 0 heterocycles. The van der Waals surface area contributed by atoms with E-state index in [9.17, 15) is 0 Å². The molecule has 1 aromatic rings. The molecular weight excluding hydrogens is 288 g/mol. The van der Waals surface area contributed by atoms with Gasteiger partial charge in [-0.2, -0.15) is 11.8 Å². The second-order valence-corrected chi connectivity index (χ2v) is 6.43. The van der Waals surface area contributed by atoms with Crippen molar-refractivity contribution < 1.29 is 0 Å². The molecule has 0 bridgehead atoms. The molecule has 0 saturated carbocycles. The normalized spacial score (nSPS) is 14.1. The van der Waals surface area contributed by atoms with Crippen molar-refractivity contribution in [1.82, 2.24) is 5.32 Å². The highest BCUT2D eigenvalue weighted by molar-refractivity contribution is 7.98. The highest BCUT2D eigenvalue weighted by Crippen LogP contribution is 2.29. The predicted molar refractivity (Wildman–Crippen MR) is 94.4 cm³/mol. The Labute approximate surface area is 133 Å². The molecule has 20 heavy (non-hydrogen) atoms. The summed E-state index contributed by atoms with van der Waals surface area (Å²) < 4.78 is 0. The van der Waals surface area contributed by atoms with Crippen LogP contribution >= 0.6 is 23.4 Å². The smallest absolute Gasteiger partial charge is 0.0474 e. The zero-order chi connectivity index (χ0) is 15.1. The number of hydrogen-bond donors (Lipinski definition) is 1. The zero-order valence-electron chi connectivity index (χ0n) is 13.2. The zero-order valence-corrected chi connectivity index (χ0v) is 14.8. The molecule has 0 fully saturated rings. The topological polar surface area (TPSA) is 15.3 Å². The van der Waals surface area contributed by atoms with Crippen molar-refractivity contribution in [3.63, 3.8) is 0 Å². The van der Waals surface area contributed by atoms with Gasteiger partial charge < -0.3 is 10.2 Å². The maximum absolute atomic E-state index is 6.46. The van der Waals surface area contributed by atoms with Crippen LogP contribution in [0.1, 0.15) is 38.8 Å². The van der Waals surface area contributed by atoms with E-state index in [4.69, 9.17) is 11.6 Å². The Morgan fingerprint density at radius 1 is 1.35 bits per heavy atom. The molecule has 0 aliphatic rings. The standard InChI is InChI=1S/C16H27ClN2S/c1-6-13(11-20-5)19(4)14-8-9-15(16(17)10-14)12(3)18-7-2/h8-10,12-13,18H,6-7,11H2,1-5H3. The molecule has 4 heteroatoms. The van der Waals surface area contributed by atoms with Crippen LogP contribution in [0.4, 0.5) is 5.69 Å². The van der Waals surface area contributed by atoms with E-state index in [1.807, 2.05) is 11.8 Å². The number of hydrogen-bond acceptors (Lipinski definition) is 3. The van der Waals surface area contributed by atoms with Gasteiger partial charge in [-0.15, -0.1) is 0 Å². The van der Waals surface area contributed by atoms with Gasteiger partial charge in [-0.1, -0.05) is 31.5 Å². The lowest BCUT2D eigenvalue weighted by molar-refractivity contribution is 0.598. The molecule has 0 radical (unpaired) electrons. The van der Waals surface area contributed by atoms with Crippen molar-refractivity contribution in [2.75, 3.05) is 30.5 Å². The van der Waals surface area contributed by atoms with Gasteiger partial charge in [-0.05, 0) is 43.8 Å². The van der Waals surface area contributed by atoms with Crippen LogP contribution in [0.3, 0.4) is 0 Å². The van der Waals surface area contributed by atoms with Crippen molar-refractivity contribution >= 4 is 29.1 Å². The molecule has 1 aromatic carbocycles. The first-order valence-corrected chi connectivity index (χ1v) is 9.06. The highest BCUT2D eigenvalue weighted by atomic mass is 35.5. The third-order valence-electron chi connectivity index (χ3n) is 3.75. The second kappa shape index (κ2) is 8.81. The summed E-state index contributed by atoms with van der Waals surface area (Å²) in [4.78, 5) is 2.34. The van der Waals surface area contributed by atoms with E-state index in [2.05, 4.69) is 62.5 Å². The molecule has 0 saturated heterocycles. The minimum Gasteiger partial charge on any atom is -0.371 e. The van der Waals surface area contributed by atoms with Gasteiger partial charge in [0.1, 0.15) is 0 Å². The maximum atomic E-state index is 6.46. The number of halogens is 1. The molecule has 0 aliphatic carbocycles. The molecule has 2 unspecified atom stereocenters. The van der Waals surface area contributed by atoms with Gasteiger partial charge in [0.25, 0.3) is 0 Å². The summed E-state index contributed by atoms with van der Waals surface area (Å²) in [5.41, 5.74) is 2.37. The Balaban J connectivity index is 2.90. The summed E-state index contributed by atoms with van der Waals surface area (Å²) in [5, 5.41) is 4.25. The van der Waals surface area contributed by atoms with E-state index < -0.39 is 0 Å².